The largest absolute Gasteiger partial charge is 0.497 e. The molecule has 3 aromatic rings. The highest BCUT2D eigenvalue weighted by atomic mass is 16.6. The van der Waals surface area contributed by atoms with Gasteiger partial charge in [-0.05, 0) is 51.6 Å². The number of hydrogen-bond donors (Lipinski definition) is 1. The number of carbonyl (C=O) groups is 1. The van der Waals surface area contributed by atoms with Crippen LogP contribution in [-0.4, -0.2) is 53.5 Å². The molecule has 2 aromatic heterocycles. The van der Waals surface area contributed by atoms with Crippen molar-refractivity contribution < 1.29 is 14.3 Å². The fourth-order valence-corrected chi connectivity index (χ4v) is 2.84. The lowest BCUT2D eigenvalue weighted by atomic mass is 10.1. The molecule has 0 unspecified atom stereocenters. The first-order chi connectivity index (χ1) is 13.8. The maximum atomic E-state index is 12.8. The van der Waals surface area contributed by atoms with Crippen molar-refractivity contribution in [1.29, 1.82) is 0 Å². The number of hydrogen-bond acceptors (Lipinski definition) is 6. The Morgan fingerprint density at radius 1 is 1.28 bits per heavy atom. The fraction of sp³-hybridized carbons (Fsp3) is 0.381. The van der Waals surface area contributed by atoms with E-state index in [-0.39, 0.29) is 0 Å². The van der Waals surface area contributed by atoms with Crippen LogP contribution in [0.3, 0.4) is 0 Å². The molecular weight excluding hydrogens is 370 g/mol. The molecule has 0 bridgehead atoms. The Kier molecular flexibility index (Phi) is 6.03. The van der Waals surface area contributed by atoms with Crippen molar-refractivity contribution in [2.75, 3.05) is 32.1 Å². The van der Waals surface area contributed by atoms with Gasteiger partial charge in [0.05, 0.1) is 13.3 Å². The molecule has 3 rings (SSSR count). The van der Waals surface area contributed by atoms with Crippen LogP contribution in [0.15, 0.2) is 42.7 Å². The first-order valence-electron chi connectivity index (χ1n) is 9.46. The molecule has 29 heavy (non-hydrogen) atoms. The van der Waals surface area contributed by atoms with Crippen LogP contribution in [0.5, 0.6) is 5.75 Å². The lowest BCUT2D eigenvalue weighted by molar-refractivity contribution is 0.0579. The van der Waals surface area contributed by atoms with Gasteiger partial charge in [-0.15, -0.1) is 0 Å². The van der Waals surface area contributed by atoms with Crippen LogP contribution in [0.4, 0.5) is 10.6 Å². The van der Waals surface area contributed by atoms with Gasteiger partial charge < -0.3 is 14.8 Å². The van der Waals surface area contributed by atoms with E-state index in [1.165, 1.54) is 4.90 Å². The van der Waals surface area contributed by atoms with E-state index in [0.717, 1.165) is 16.9 Å². The van der Waals surface area contributed by atoms with Crippen LogP contribution < -0.4 is 15.0 Å². The van der Waals surface area contributed by atoms with Gasteiger partial charge in [0.15, 0.2) is 5.65 Å². The zero-order valence-electron chi connectivity index (χ0n) is 17.5. The van der Waals surface area contributed by atoms with Gasteiger partial charge in [-0.2, -0.15) is 5.10 Å². The average Bonchev–Trinajstić information content (AvgIpc) is 3.10. The minimum atomic E-state index is -0.596. The average molecular weight is 397 g/mol. The molecule has 0 saturated carbocycles. The molecule has 1 aromatic carbocycles. The van der Waals surface area contributed by atoms with Gasteiger partial charge in [-0.25, -0.2) is 14.3 Å². The number of rotatable bonds is 6. The topological polar surface area (TPSA) is 81.0 Å². The predicted octanol–water partition coefficient (Wildman–Crippen LogP) is 3.37. The summed E-state index contributed by atoms with van der Waals surface area (Å²) in [5.41, 5.74) is 1.84. The summed E-state index contributed by atoms with van der Waals surface area (Å²) in [6.45, 7) is 6.56. The number of aromatic nitrogens is 3. The van der Waals surface area contributed by atoms with Crippen LogP contribution in [0.1, 0.15) is 20.8 Å². The Balaban J connectivity index is 2.02. The smallest absolute Gasteiger partial charge is 0.416 e. The van der Waals surface area contributed by atoms with E-state index in [0.29, 0.717) is 24.6 Å². The molecule has 0 spiro atoms. The van der Waals surface area contributed by atoms with Crippen LogP contribution in [-0.2, 0) is 4.74 Å². The van der Waals surface area contributed by atoms with E-state index in [4.69, 9.17) is 14.5 Å². The Labute approximate surface area is 170 Å². The number of anilines is 1. The van der Waals surface area contributed by atoms with E-state index < -0.39 is 11.7 Å². The molecule has 8 nitrogen and oxygen atoms in total. The zero-order chi connectivity index (χ0) is 21.0. The first kappa shape index (κ1) is 20.6. The number of nitrogens with one attached hydrogen (secondary N) is 1. The van der Waals surface area contributed by atoms with Crippen molar-refractivity contribution in [3.05, 3.63) is 42.7 Å². The summed E-state index contributed by atoms with van der Waals surface area (Å²) >= 11 is 0. The lowest BCUT2D eigenvalue weighted by Gasteiger charge is -2.26. The van der Waals surface area contributed by atoms with Crippen molar-refractivity contribution in [2.24, 2.45) is 0 Å². The van der Waals surface area contributed by atoms with Crippen LogP contribution in [0.25, 0.3) is 16.8 Å². The molecule has 1 amide bonds. The molecule has 0 atom stereocenters. The van der Waals surface area contributed by atoms with E-state index >= 15 is 0 Å². The Hall–Kier alpha value is -3.13. The summed E-state index contributed by atoms with van der Waals surface area (Å²) in [5, 5.41) is 7.44. The summed E-state index contributed by atoms with van der Waals surface area (Å²) < 4.78 is 12.6. The molecule has 0 fully saturated rings. The predicted molar refractivity (Wildman–Crippen MR) is 112 cm³/mol. The van der Waals surface area contributed by atoms with Crippen LogP contribution in [0, 0.1) is 0 Å². The minimum absolute atomic E-state index is 0.428. The minimum Gasteiger partial charge on any atom is -0.497 e. The SMILES string of the molecule is CNCCN(C(=O)OC(C)(C)C)c1ccn2ncc(-c3cccc(OC)c3)c2n1. The molecule has 0 aliphatic rings. The van der Waals surface area contributed by atoms with Crippen molar-refractivity contribution in [3.8, 4) is 16.9 Å². The molecule has 8 heteroatoms. The van der Waals surface area contributed by atoms with Crippen molar-refractivity contribution in [2.45, 2.75) is 26.4 Å². The third-order valence-electron chi connectivity index (χ3n) is 4.21. The summed E-state index contributed by atoms with van der Waals surface area (Å²) in [5.74, 6) is 1.26. The molecule has 0 aliphatic carbocycles. The molecule has 2 heterocycles. The van der Waals surface area contributed by atoms with Crippen molar-refractivity contribution in [3.63, 3.8) is 0 Å². The molecule has 0 saturated heterocycles. The normalized spacial score (nSPS) is 11.5. The Bertz CT molecular complexity index is 993. The van der Waals surface area contributed by atoms with Gasteiger partial charge in [0.2, 0.25) is 0 Å². The quantitative estimate of drug-likeness (QED) is 0.687. The molecule has 0 aliphatic heterocycles. The summed E-state index contributed by atoms with van der Waals surface area (Å²) in [6.07, 6.45) is 3.11. The van der Waals surface area contributed by atoms with Gasteiger partial charge in [0, 0.05) is 24.8 Å². The van der Waals surface area contributed by atoms with Gasteiger partial charge in [0.1, 0.15) is 17.2 Å². The number of ether oxygens (including phenoxy) is 2. The highest BCUT2D eigenvalue weighted by Gasteiger charge is 2.24. The highest BCUT2D eigenvalue weighted by Crippen LogP contribution is 2.28. The third-order valence-corrected chi connectivity index (χ3v) is 4.21. The number of likely N-dealkylation sites (N-methyl/N-ethyl adjacent to an activating group) is 1. The number of methoxy groups -OCH3 is 1. The number of carbonyl (C=O) groups excluding carboxylic acids is 1. The third kappa shape index (κ3) is 4.83. The molecule has 1 N–H and O–H groups in total. The second kappa shape index (κ2) is 8.48. The standard InChI is InChI=1S/C21H27N5O3/c1-21(2,3)29-20(27)25(12-10-22-4)18-9-11-26-19(24-18)17(14-23-26)15-7-6-8-16(13-15)28-5/h6-9,11,13-14,22H,10,12H2,1-5H3. The number of benzene rings is 1. The Morgan fingerprint density at radius 3 is 2.76 bits per heavy atom. The van der Waals surface area contributed by atoms with E-state index in [9.17, 15) is 4.79 Å². The second-order valence-electron chi connectivity index (χ2n) is 7.58. The number of amides is 1. The van der Waals surface area contributed by atoms with Gasteiger partial charge in [-0.1, -0.05) is 12.1 Å². The maximum absolute atomic E-state index is 12.8. The van der Waals surface area contributed by atoms with Crippen LogP contribution >= 0.6 is 0 Å². The summed E-state index contributed by atoms with van der Waals surface area (Å²) in [6, 6.07) is 9.46. The molecule has 154 valence electrons. The monoisotopic (exact) mass is 397 g/mol. The molecular formula is C21H27N5O3. The first-order valence-corrected chi connectivity index (χ1v) is 9.46. The van der Waals surface area contributed by atoms with Crippen molar-refractivity contribution >= 4 is 17.6 Å². The van der Waals surface area contributed by atoms with Gasteiger partial charge in [0.25, 0.3) is 0 Å². The van der Waals surface area contributed by atoms with Gasteiger partial charge >= 0.3 is 6.09 Å². The number of fused-ring (bicyclic) bond motifs is 1. The van der Waals surface area contributed by atoms with E-state index in [1.807, 2.05) is 52.1 Å². The lowest BCUT2D eigenvalue weighted by Crippen LogP contribution is -2.40. The summed E-state index contributed by atoms with van der Waals surface area (Å²) in [4.78, 5) is 19.0. The van der Waals surface area contributed by atoms with Gasteiger partial charge in [-0.3, -0.25) is 4.90 Å². The highest BCUT2D eigenvalue weighted by molar-refractivity contribution is 5.88. The van der Waals surface area contributed by atoms with E-state index in [2.05, 4.69) is 10.4 Å². The molecule has 0 radical (unpaired) electrons. The van der Waals surface area contributed by atoms with Crippen molar-refractivity contribution in [1.82, 2.24) is 19.9 Å². The second-order valence-corrected chi connectivity index (χ2v) is 7.58. The fourth-order valence-electron chi connectivity index (χ4n) is 2.84. The summed E-state index contributed by atoms with van der Waals surface area (Å²) in [7, 11) is 3.47. The van der Waals surface area contributed by atoms with E-state index in [1.54, 1.807) is 30.1 Å². The zero-order valence-corrected chi connectivity index (χ0v) is 17.5. The maximum Gasteiger partial charge on any atom is 0.416 e. The van der Waals surface area contributed by atoms with Crippen LogP contribution in [0.2, 0.25) is 0 Å². The Morgan fingerprint density at radius 2 is 2.07 bits per heavy atom. The number of nitrogens with zero attached hydrogens (tertiary/aromatic N) is 4.